The fraction of sp³-hybridized carbons (Fsp3) is 0.350. The van der Waals surface area contributed by atoms with Crippen LogP contribution in [0.4, 0.5) is 0 Å². The number of hydrogen-bond donors (Lipinski definition) is 4. The summed E-state index contributed by atoms with van der Waals surface area (Å²) in [5.74, 6) is 1.28. The summed E-state index contributed by atoms with van der Waals surface area (Å²) in [6.45, 7) is 5.88. The van der Waals surface area contributed by atoms with E-state index >= 15 is 0 Å². The van der Waals surface area contributed by atoms with E-state index in [2.05, 4.69) is 20.5 Å². The third-order valence-corrected chi connectivity index (χ3v) is 4.85. The molecule has 148 valence electrons. The van der Waals surface area contributed by atoms with Gasteiger partial charge in [0.15, 0.2) is 0 Å². The largest absolute Gasteiger partial charge is 0.384 e. The zero-order valence-corrected chi connectivity index (χ0v) is 16.5. The lowest BCUT2D eigenvalue weighted by Crippen LogP contribution is -2.48. The van der Waals surface area contributed by atoms with Gasteiger partial charge < -0.3 is 31.6 Å². The molecule has 0 unspecified atom stereocenters. The molecule has 3 rings (SSSR count). The van der Waals surface area contributed by atoms with Gasteiger partial charge in [0.1, 0.15) is 11.7 Å². The number of carbonyl (C=O) groups is 1. The predicted octanol–water partition coefficient (Wildman–Crippen LogP) is 1.01. The normalized spacial score (nSPS) is 20.5. The number of likely N-dealkylation sites (N-methyl/N-ethyl adjacent to an activating group) is 1. The van der Waals surface area contributed by atoms with E-state index in [4.69, 9.17) is 11.1 Å². The van der Waals surface area contributed by atoms with Crippen LogP contribution in [0.2, 0.25) is 0 Å². The molecule has 0 spiro atoms. The summed E-state index contributed by atoms with van der Waals surface area (Å²) in [4.78, 5) is 20.2. The number of amides is 1. The SMILES string of the molecule is CC(C)C(C=N)=CC(N)=NC1=CC=C2NC=C(N3CCN(C)C(=O)C3)C=C2N1. The highest BCUT2D eigenvalue weighted by molar-refractivity contribution is 5.97. The Labute approximate surface area is 165 Å². The van der Waals surface area contributed by atoms with Crippen molar-refractivity contribution in [3.05, 3.63) is 59.0 Å². The molecule has 3 heterocycles. The number of allylic oxidation sites excluding steroid dienone is 4. The molecule has 3 aliphatic rings. The summed E-state index contributed by atoms with van der Waals surface area (Å²) in [5.41, 5.74) is 9.60. The number of piperazine rings is 1. The van der Waals surface area contributed by atoms with Gasteiger partial charge in [0, 0.05) is 32.6 Å². The van der Waals surface area contributed by atoms with Gasteiger partial charge in [-0.05, 0) is 35.8 Å². The average molecular weight is 381 g/mol. The molecule has 0 aromatic rings. The Balaban J connectivity index is 1.74. The Morgan fingerprint density at radius 1 is 1.32 bits per heavy atom. The second-order valence-corrected chi connectivity index (χ2v) is 7.25. The molecule has 0 bridgehead atoms. The van der Waals surface area contributed by atoms with E-state index in [0.29, 0.717) is 24.7 Å². The smallest absolute Gasteiger partial charge is 0.241 e. The van der Waals surface area contributed by atoms with Crippen LogP contribution < -0.4 is 16.4 Å². The standard InChI is InChI=1S/C20H27N7O/c1-13(2)14(10-21)8-18(22)25-19-5-4-16-17(24-19)9-15(11-23-16)27-7-6-26(3)20(28)12-27/h4-5,8-11,13,21,23-24H,6-7,12H2,1-3H3,(H2,22,25). The second kappa shape index (κ2) is 8.16. The molecule has 5 N–H and O–H groups in total. The van der Waals surface area contributed by atoms with Crippen LogP contribution in [-0.2, 0) is 4.79 Å². The molecule has 1 fully saturated rings. The van der Waals surface area contributed by atoms with Crippen molar-refractivity contribution in [2.75, 3.05) is 26.7 Å². The molecular formula is C20H27N7O. The molecule has 3 aliphatic heterocycles. The number of fused-ring (bicyclic) bond motifs is 1. The number of hydrogen-bond acceptors (Lipinski definition) is 6. The van der Waals surface area contributed by atoms with E-state index in [-0.39, 0.29) is 11.8 Å². The van der Waals surface area contributed by atoms with Crippen molar-refractivity contribution in [2.24, 2.45) is 16.6 Å². The Morgan fingerprint density at radius 3 is 2.79 bits per heavy atom. The van der Waals surface area contributed by atoms with Gasteiger partial charge >= 0.3 is 0 Å². The first-order chi connectivity index (χ1) is 13.4. The van der Waals surface area contributed by atoms with Crippen LogP contribution in [0.3, 0.4) is 0 Å². The molecule has 1 amide bonds. The van der Waals surface area contributed by atoms with Gasteiger partial charge in [-0.15, -0.1) is 0 Å². The van der Waals surface area contributed by atoms with Crippen molar-refractivity contribution in [3.8, 4) is 0 Å². The van der Waals surface area contributed by atoms with Crippen molar-refractivity contribution in [1.29, 1.82) is 5.41 Å². The van der Waals surface area contributed by atoms with Gasteiger partial charge in [0.25, 0.3) is 0 Å². The second-order valence-electron chi connectivity index (χ2n) is 7.25. The Kier molecular flexibility index (Phi) is 5.67. The minimum atomic E-state index is 0.111. The molecule has 1 saturated heterocycles. The minimum Gasteiger partial charge on any atom is -0.384 e. The Hall–Kier alpha value is -3.29. The Bertz CT molecular complexity index is 858. The van der Waals surface area contributed by atoms with Crippen molar-refractivity contribution >= 4 is 18.0 Å². The topological polar surface area (TPSA) is 110 Å². The molecule has 0 aromatic carbocycles. The summed E-state index contributed by atoms with van der Waals surface area (Å²) in [5, 5.41) is 14.0. The maximum Gasteiger partial charge on any atom is 0.241 e. The van der Waals surface area contributed by atoms with Gasteiger partial charge in [-0.25, -0.2) is 4.99 Å². The molecular weight excluding hydrogens is 354 g/mol. The lowest BCUT2D eigenvalue weighted by molar-refractivity contribution is -0.133. The van der Waals surface area contributed by atoms with E-state index in [1.165, 1.54) is 6.21 Å². The van der Waals surface area contributed by atoms with Crippen LogP contribution in [0.5, 0.6) is 0 Å². The summed E-state index contributed by atoms with van der Waals surface area (Å²) in [7, 11) is 1.83. The number of rotatable bonds is 5. The molecule has 0 aromatic heterocycles. The molecule has 0 aliphatic carbocycles. The van der Waals surface area contributed by atoms with Crippen LogP contribution in [0.1, 0.15) is 13.8 Å². The van der Waals surface area contributed by atoms with Crippen LogP contribution in [0.25, 0.3) is 0 Å². The van der Waals surface area contributed by atoms with E-state index in [0.717, 1.165) is 29.2 Å². The van der Waals surface area contributed by atoms with Crippen LogP contribution >= 0.6 is 0 Å². The van der Waals surface area contributed by atoms with E-state index in [9.17, 15) is 4.79 Å². The lowest BCUT2D eigenvalue weighted by Gasteiger charge is -2.35. The van der Waals surface area contributed by atoms with Crippen LogP contribution in [0.15, 0.2) is 64.0 Å². The monoisotopic (exact) mass is 381 g/mol. The fourth-order valence-electron chi connectivity index (χ4n) is 3.02. The molecule has 0 radical (unpaired) electrons. The van der Waals surface area contributed by atoms with Crippen molar-refractivity contribution in [3.63, 3.8) is 0 Å². The quantitative estimate of drug-likeness (QED) is 0.420. The number of dihydropyridines is 2. The van der Waals surface area contributed by atoms with Crippen molar-refractivity contribution in [2.45, 2.75) is 13.8 Å². The molecule has 28 heavy (non-hydrogen) atoms. The van der Waals surface area contributed by atoms with Crippen LogP contribution in [-0.4, -0.2) is 54.4 Å². The third kappa shape index (κ3) is 4.33. The zero-order valence-electron chi connectivity index (χ0n) is 16.5. The highest BCUT2D eigenvalue weighted by Gasteiger charge is 2.24. The van der Waals surface area contributed by atoms with Gasteiger partial charge in [-0.1, -0.05) is 13.8 Å². The number of aliphatic imine (C=N–C) groups is 1. The van der Waals surface area contributed by atoms with Gasteiger partial charge in [-0.3, -0.25) is 4.79 Å². The first-order valence-electron chi connectivity index (χ1n) is 9.30. The summed E-state index contributed by atoms with van der Waals surface area (Å²) >= 11 is 0. The van der Waals surface area contributed by atoms with E-state index in [1.807, 2.05) is 45.3 Å². The highest BCUT2D eigenvalue weighted by Crippen LogP contribution is 2.22. The first kappa shape index (κ1) is 19.5. The first-order valence-corrected chi connectivity index (χ1v) is 9.30. The van der Waals surface area contributed by atoms with Gasteiger partial charge in [0.05, 0.1) is 23.6 Å². The third-order valence-electron chi connectivity index (χ3n) is 4.85. The molecule has 8 heteroatoms. The van der Waals surface area contributed by atoms with Crippen molar-refractivity contribution in [1.82, 2.24) is 20.4 Å². The van der Waals surface area contributed by atoms with Crippen molar-refractivity contribution < 1.29 is 4.79 Å². The molecule has 0 saturated carbocycles. The maximum atomic E-state index is 12.0. The number of nitrogens with one attached hydrogen (secondary N) is 3. The van der Waals surface area contributed by atoms with E-state index in [1.54, 1.807) is 11.0 Å². The summed E-state index contributed by atoms with van der Waals surface area (Å²) in [6.07, 6.45) is 10.7. The highest BCUT2D eigenvalue weighted by atomic mass is 16.2. The minimum absolute atomic E-state index is 0.111. The van der Waals surface area contributed by atoms with Gasteiger partial charge in [0.2, 0.25) is 5.91 Å². The predicted molar refractivity (Wildman–Crippen MR) is 111 cm³/mol. The Morgan fingerprint density at radius 2 is 2.11 bits per heavy atom. The average Bonchev–Trinajstić information content (AvgIpc) is 2.67. The number of nitrogens with zero attached hydrogens (tertiary/aromatic N) is 3. The molecule has 8 nitrogen and oxygen atoms in total. The van der Waals surface area contributed by atoms with E-state index < -0.39 is 0 Å². The fourth-order valence-corrected chi connectivity index (χ4v) is 3.02. The maximum absolute atomic E-state index is 12.0. The lowest BCUT2D eigenvalue weighted by atomic mass is 10.0. The zero-order chi connectivity index (χ0) is 20.3. The number of nitrogens with two attached hydrogens (primary N) is 1. The molecule has 0 atom stereocenters. The van der Waals surface area contributed by atoms with Crippen LogP contribution in [0, 0.1) is 11.3 Å². The van der Waals surface area contributed by atoms with Gasteiger partial charge in [-0.2, -0.15) is 0 Å². The summed E-state index contributed by atoms with van der Waals surface area (Å²) < 4.78 is 0. The number of amidine groups is 1. The summed E-state index contributed by atoms with van der Waals surface area (Å²) in [6, 6.07) is 0. The number of carbonyl (C=O) groups excluding carboxylic acids is 1.